The molecule has 0 spiro atoms. The maximum absolute atomic E-state index is 11.9. The smallest absolute Gasteiger partial charge is 0.226 e. The zero-order valence-electron chi connectivity index (χ0n) is 8.20. The number of piperidine rings is 1. The van der Waals surface area contributed by atoms with Gasteiger partial charge in [-0.05, 0) is 37.5 Å². The van der Waals surface area contributed by atoms with Crippen molar-refractivity contribution >= 4 is 5.91 Å². The number of hydrogen-bond acceptors (Lipinski definition) is 1. The van der Waals surface area contributed by atoms with Crippen LogP contribution in [-0.4, -0.2) is 23.4 Å². The number of carbonyl (C=O) groups is 1. The average Bonchev–Trinajstić information content (AvgIpc) is 2.97. The Bertz CT molecular complexity index is 250. The van der Waals surface area contributed by atoms with Gasteiger partial charge in [0.1, 0.15) is 0 Å². The molecule has 1 saturated heterocycles. The lowest BCUT2D eigenvalue weighted by atomic mass is 10.1. The van der Waals surface area contributed by atoms with E-state index in [0.717, 1.165) is 18.9 Å². The van der Waals surface area contributed by atoms with Crippen molar-refractivity contribution < 1.29 is 4.79 Å². The minimum absolute atomic E-state index is 0.402. The highest BCUT2D eigenvalue weighted by atomic mass is 16.2. The van der Waals surface area contributed by atoms with Gasteiger partial charge in [0.15, 0.2) is 0 Å². The van der Waals surface area contributed by atoms with E-state index in [2.05, 4.69) is 11.8 Å². The predicted octanol–water partition coefficient (Wildman–Crippen LogP) is 1.65. The summed E-state index contributed by atoms with van der Waals surface area (Å²) in [6, 6.07) is 0.661. The van der Waals surface area contributed by atoms with Crippen LogP contribution in [0.1, 0.15) is 32.6 Å². The lowest BCUT2D eigenvalue weighted by Crippen LogP contribution is -2.38. The number of amides is 1. The van der Waals surface area contributed by atoms with Gasteiger partial charge in [0, 0.05) is 18.5 Å². The molecule has 1 aliphatic heterocycles. The highest BCUT2D eigenvalue weighted by Crippen LogP contribution is 2.47. The normalized spacial score (nSPS) is 47.0. The van der Waals surface area contributed by atoms with Gasteiger partial charge < -0.3 is 4.90 Å². The van der Waals surface area contributed by atoms with E-state index in [1.807, 2.05) is 0 Å². The van der Waals surface area contributed by atoms with Crippen LogP contribution in [-0.2, 0) is 4.79 Å². The first-order chi connectivity index (χ1) is 6.27. The molecule has 0 aromatic heterocycles. The second-order valence-corrected chi connectivity index (χ2v) is 5.06. The summed E-state index contributed by atoms with van der Waals surface area (Å²) in [5.74, 6) is 2.43. The summed E-state index contributed by atoms with van der Waals surface area (Å²) in [4.78, 5) is 14.1. The maximum Gasteiger partial charge on any atom is 0.226 e. The molecule has 2 heteroatoms. The number of hydrogen-bond donors (Lipinski definition) is 0. The fourth-order valence-electron chi connectivity index (χ4n) is 2.77. The van der Waals surface area contributed by atoms with Gasteiger partial charge in [-0.1, -0.05) is 6.92 Å². The largest absolute Gasteiger partial charge is 0.339 e. The molecular formula is C11H17NO. The number of fused-ring (bicyclic) bond motifs is 1. The zero-order valence-corrected chi connectivity index (χ0v) is 8.20. The average molecular weight is 179 g/mol. The van der Waals surface area contributed by atoms with E-state index < -0.39 is 0 Å². The van der Waals surface area contributed by atoms with Crippen LogP contribution in [0.2, 0.25) is 0 Å². The van der Waals surface area contributed by atoms with E-state index in [9.17, 15) is 4.79 Å². The molecule has 0 bridgehead atoms. The topological polar surface area (TPSA) is 20.3 Å². The minimum atomic E-state index is 0.402. The van der Waals surface area contributed by atoms with Crippen molar-refractivity contribution in [2.45, 2.75) is 38.6 Å². The summed E-state index contributed by atoms with van der Waals surface area (Å²) in [5, 5.41) is 0. The van der Waals surface area contributed by atoms with Crippen molar-refractivity contribution in [3.63, 3.8) is 0 Å². The van der Waals surface area contributed by atoms with Crippen molar-refractivity contribution in [2.75, 3.05) is 6.54 Å². The minimum Gasteiger partial charge on any atom is -0.339 e. The summed E-state index contributed by atoms with van der Waals surface area (Å²) in [6.45, 7) is 3.24. The van der Waals surface area contributed by atoms with Crippen molar-refractivity contribution in [3.05, 3.63) is 0 Å². The summed E-state index contributed by atoms with van der Waals surface area (Å²) in [6.07, 6.45) is 5.06. The van der Waals surface area contributed by atoms with Gasteiger partial charge in [-0.3, -0.25) is 4.79 Å². The Kier molecular flexibility index (Phi) is 1.50. The molecule has 2 unspecified atom stereocenters. The van der Waals surface area contributed by atoms with Crippen LogP contribution in [0.5, 0.6) is 0 Å². The molecule has 2 nitrogen and oxygen atoms in total. The summed E-state index contributed by atoms with van der Waals surface area (Å²) in [7, 11) is 0. The highest BCUT2D eigenvalue weighted by molar-refractivity contribution is 5.82. The lowest BCUT2D eigenvalue weighted by molar-refractivity contribution is -0.134. The van der Waals surface area contributed by atoms with Crippen molar-refractivity contribution in [2.24, 2.45) is 17.8 Å². The Hall–Kier alpha value is -0.530. The van der Waals surface area contributed by atoms with Gasteiger partial charge in [0.2, 0.25) is 5.91 Å². The van der Waals surface area contributed by atoms with Crippen LogP contribution in [0.4, 0.5) is 0 Å². The predicted molar refractivity (Wildman–Crippen MR) is 50.1 cm³/mol. The second kappa shape index (κ2) is 2.49. The van der Waals surface area contributed by atoms with Gasteiger partial charge in [0.25, 0.3) is 0 Å². The first kappa shape index (κ1) is 7.84. The van der Waals surface area contributed by atoms with Crippen LogP contribution in [0.3, 0.4) is 0 Å². The molecule has 2 saturated carbocycles. The quantitative estimate of drug-likeness (QED) is 0.599. The third-order valence-corrected chi connectivity index (χ3v) is 3.97. The van der Waals surface area contributed by atoms with Crippen LogP contribution < -0.4 is 0 Å². The fourth-order valence-corrected chi connectivity index (χ4v) is 2.77. The molecule has 72 valence electrons. The van der Waals surface area contributed by atoms with Gasteiger partial charge in [-0.25, -0.2) is 0 Å². The molecule has 0 N–H and O–H groups in total. The Morgan fingerprint density at radius 3 is 2.85 bits per heavy atom. The van der Waals surface area contributed by atoms with E-state index >= 15 is 0 Å². The monoisotopic (exact) mass is 179 g/mol. The Labute approximate surface area is 79.3 Å². The van der Waals surface area contributed by atoms with Gasteiger partial charge in [0.05, 0.1) is 0 Å². The van der Waals surface area contributed by atoms with Gasteiger partial charge in [-0.15, -0.1) is 0 Å². The molecule has 1 amide bonds. The van der Waals surface area contributed by atoms with Crippen LogP contribution >= 0.6 is 0 Å². The van der Waals surface area contributed by atoms with E-state index in [4.69, 9.17) is 0 Å². The van der Waals surface area contributed by atoms with E-state index in [1.54, 1.807) is 0 Å². The Morgan fingerprint density at radius 1 is 1.38 bits per heavy atom. The lowest BCUT2D eigenvalue weighted by Gasteiger charge is -2.26. The molecule has 0 radical (unpaired) electrons. The zero-order chi connectivity index (χ0) is 9.00. The highest BCUT2D eigenvalue weighted by Gasteiger charge is 2.50. The van der Waals surface area contributed by atoms with Crippen LogP contribution in [0, 0.1) is 17.8 Å². The summed E-state index contributed by atoms with van der Waals surface area (Å²) < 4.78 is 0. The summed E-state index contributed by atoms with van der Waals surface area (Å²) >= 11 is 0. The van der Waals surface area contributed by atoms with E-state index in [0.29, 0.717) is 23.8 Å². The van der Waals surface area contributed by atoms with Crippen molar-refractivity contribution in [3.8, 4) is 0 Å². The van der Waals surface area contributed by atoms with Gasteiger partial charge in [-0.2, -0.15) is 0 Å². The Balaban J connectivity index is 1.67. The Morgan fingerprint density at radius 2 is 2.15 bits per heavy atom. The standard InChI is InChI=1S/C11H17NO/c1-7-5-9(7)11(13)12-4-2-3-8-6-10(8)12/h7-10H,2-6H2,1H3/t7-,8?,9-,10?/m1/s1. The molecule has 3 aliphatic rings. The fraction of sp³-hybridized carbons (Fsp3) is 0.909. The SMILES string of the molecule is C[C@@H]1C[C@H]1C(=O)N1CCCC2CC21. The number of likely N-dealkylation sites (tertiary alicyclic amines) is 1. The number of nitrogens with zero attached hydrogens (tertiary/aromatic N) is 1. The maximum atomic E-state index is 11.9. The first-order valence-corrected chi connectivity index (χ1v) is 5.58. The van der Waals surface area contributed by atoms with Crippen molar-refractivity contribution in [1.82, 2.24) is 4.90 Å². The summed E-state index contributed by atoms with van der Waals surface area (Å²) in [5.41, 5.74) is 0. The van der Waals surface area contributed by atoms with E-state index in [-0.39, 0.29) is 0 Å². The molecule has 0 aromatic carbocycles. The first-order valence-electron chi connectivity index (χ1n) is 5.58. The van der Waals surface area contributed by atoms with Gasteiger partial charge >= 0.3 is 0 Å². The number of carbonyl (C=O) groups excluding carboxylic acids is 1. The molecule has 2 aliphatic carbocycles. The molecule has 13 heavy (non-hydrogen) atoms. The van der Waals surface area contributed by atoms with Crippen LogP contribution in [0.25, 0.3) is 0 Å². The molecule has 0 aromatic rings. The van der Waals surface area contributed by atoms with E-state index in [1.165, 1.54) is 19.3 Å². The third-order valence-electron chi connectivity index (χ3n) is 3.97. The number of rotatable bonds is 1. The van der Waals surface area contributed by atoms with Crippen LogP contribution in [0.15, 0.2) is 0 Å². The molecule has 1 heterocycles. The third kappa shape index (κ3) is 1.18. The molecule has 3 fully saturated rings. The molecule has 3 rings (SSSR count). The second-order valence-electron chi connectivity index (χ2n) is 5.06. The molecule has 4 atom stereocenters. The molecular weight excluding hydrogens is 162 g/mol. The van der Waals surface area contributed by atoms with Crippen molar-refractivity contribution in [1.29, 1.82) is 0 Å².